The van der Waals surface area contributed by atoms with Crippen molar-refractivity contribution in [2.24, 2.45) is 0 Å². The van der Waals surface area contributed by atoms with Gasteiger partial charge in [-0.2, -0.15) is 4.31 Å². The highest BCUT2D eigenvalue weighted by molar-refractivity contribution is 7.89. The van der Waals surface area contributed by atoms with E-state index < -0.39 is 10.0 Å². The standard InChI is InChI=1S/C20H24N2O4S/c1-15-4-8-19(16(2)14-15)27(24,25)22-12-10-21(11-13-22)20(23)9-7-18-6-5-17(3)26-18/h4-9,14H,10-13H2,1-3H3/b9-7+. The number of rotatable bonds is 4. The second-order valence-electron chi connectivity index (χ2n) is 6.78. The summed E-state index contributed by atoms with van der Waals surface area (Å²) in [5, 5.41) is 0. The Morgan fingerprint density at radius 1 is 1.04 bits per heavy atom. The Kier molecular flexibility index (Phi) is 5.53. The molecule has 1 aromatic carbocycles. The van der Waals surface area contributed by atoms with Gasteiger partial charge in [-0.1, -0.05) is 17.7 Å². The molecule has 0 aliphatic carbocycles. The number of piperazine rings is 1. The van der Waals surface area contributed by atoms with Crippen molar-refractivity contribution in [2.45, 2.75) is 25.7 Å². The predicted octanol–water partition coefficient (Wildman–Crippen LogP) is 2.75. The first-order chi connectivity index (χ1) is 12.8. The average molecular weight is 388 g/mol. The molecule has 0 atom stereocenters. The van der Waals surface area contributed by atoms with E-state index in [2.05, 4.69) is 0 Å². The maximum Gasteiger partial charge on any atom is 0.246 e. The molecule has 1 aliphatic rings. The summed E-state index contributed by atoms with van der Waals surface area (Å²) >= 11 is 0. The normalized spacial score (nSPS) is 16.2. The molecule has 0 N–H and O–H groups in total. The fourth-order valence-electron chi connectivity index (χ4n) is 3.18. The van der Waals surface area contributed by atoms with Crippen LogP contribution in [0.3, 0.4) is 0 Å². The minimum Gasteiger partial charge on any atom is -0.462 e. The number of nitrogens with zero attached hydrogens (tertiary/aromatic N) is 2. The lowest BCUT2D eigenvalue weighted by molar-refractivity contribution is -0.127. The summed E-state index contributed by atoms with van der Waals surface area (Å²) in [6, 6.07) is 8.97. The summed E-state index contributed by atoms with van der Waals surface area (Å²) in [7, 11) is -3.55. The molecule has 0 spiro atoms. The molecule has 27 heavy (non-hydrogen) atoms. The van der Waals surface area contributed by atoms with E-state index in [0.717, 1.165) is 16.9 Å². The van der Waals surface area contributed by atoms with Gasteiger partial charge in [0.1, 0.15) is 11.5 Å². The molecule has 0 unspecified atom stereocenters. The van der Waals surface area contributed by atoms with E-state index in [9.17, 15) is 13.2 Å². The molecule has 1 aromatic heterocycles. The SMILES string of the molecule is Cc1ccc(S(=O)(=O)N2CCN(C(=O)/C=C/c3ccc(C)o3)CC2)c(C)c1. The molecule has 2 heterocycles. The van der Waals surface area contributed by atoms with Crippen molar-refractivity contribution >= 4 is 22.0 Å². The van der Waals surface area contributed by atoms with Crippen LogP contribution in [0.15, 0.2) is 45.7 Å². The summed E-state index contributed by atoms with van der Waals surface area (Å²) in [6.45, 7) is 6.89. The molecule has 0 saturated carbocycles. The van der Waals surface area contributed by atoms with E-state index in [4.69, 9.17) is 4.42 Å². The lowest BCUT2D eigenvalue weighted by atomic mass is 10.2. The molecule has 1 fully saturated rings. The van der Waals surface area contributed by atoms with E-state index >= 15 is 0 Å². The minimum atomic E-state index is -3.55. The first-order valence-electron chi connectivity index (χ1n) is 8.88. The van der Waals surface area contributed by atoms with Crippen LogP contribution in [0.2, 0.25) is 0 Å². The van der Waals surface area contributed by atoms with Crippen LogP contribution in [0, 0.1) is 20.8 Å². The van der Waals surface area contributed by atoms with E-state index in [1.165, 1.54) is 10.4 Å². The van der Waals surface area contributed by atoms with Crippen LogP contribution in [-0.2, 0) is 14.8 Å². The number of benzene rings is 1. The zero-order chi connectivity index (χ0) is 19.6. The maximum absolute atomic E-state index is 12.9. The molecular weight excluding hydrogens is 364 g/mol. The van der Waals surface area contributed by atoms with Crippen molar-refractivity contribution in [1.82, 2.24) is 9.21 Å². The number of carbonyl (C=O) groups is 1. The number of hydrogen-bond acceptors (Lipinski definition) is 4. The Bertz CT molecular complexity index is 968. The van der Waals surface area contributed by atoms with Gasteiger partial charge in [-0.15, -0.1) is 0 Å². The van der Waals surface area contributed by atoms with Crippen LogP contribution in [0.25, 0.3) is 6.08 Å². The summed E-state index contributed by atoms with van der Waals surface area (Å²) in [5.41, 5.74) is 1.77. The van der Waals surface area contributed by atoms with Crippen molar-refractivity contribution in [3.05, 3.63) is 59.1 Å². The molecule has 1 aliphatic heterocycles. The smallest absolute Gasteiger partial charge is 0.246 e. The number of hydrogen-bond donors (Lipinski definition) is 0. The van der Waals surface area contributed by atoms with Gasteiger partial charge in [0.15, 0.2) is 0 Å². The largest absolute Gasteiger partial charge is 0.462 e. The number of aryl methyl sites for hydroxylation is 3. The lowest BCUT2D eigenvalue weighted by Gasteiger charge is -2.33. The van der Waals surface area contributed by atoms with Gasteiger partial charge < -0.3 is 9.32 Å². The van der Waals surface area contributed by atoms with Crippen LogP contribution in [0.1, 0.15) is 22.6 Å². The van der Waals surface area contributed by atoms with Gasteiger partial charge in [0.05, 0.1) is 4.90 Å². The molecule has 7 heteroatoms. The highest BCUT2D eigenvalue weighted by Crippen LogP contribution is 2.22. The predicted molar refractivity (Wildman–Crippen MR) is 104 cm³/mol. The first-order valence-corrected chi connectivity index (χ1v) is 10.3. The molecule has 1 saturated heterocycles. The van der Waals surface area contributed by atoms with Crippen LogP contribution in [0.4, 0.5) is 0 Å². The fraction of sp³-hybridized carbons (Fsp3) is 0.350. The molecule has 0 bridgehead atoms. The number of sulfonamides is 1. The van der Waals surface area contributed by atoms with Gasteiger partial charge in [0.2, 0.25) is 15.9 Å². The second-order valence-corrected chi connectivity index (χ2v) is 8.69. The number of amides is 1. The Labute approximate surface area is 160 Å². The Morgan fingerprint density at radius 3 is 2.33 bits per heavy atom. The van der Waals surface area contributed by atoms with Crippen LogP contribution < -0.4 is 0 Å². The lowest BCUT2D eigenvalue weighted by Crippen LogP contribution is -2.50. The van der Waals surface area contributed by atoms with E-state index in [1.807, 2.05) is 26.0 Å². The molecule has 144 valence electrons. The van der Waals surface area contributed by atoms with Crippen molar-refractivity contribution in [1.29, 1.82) is 0 Å². The third-order valence-corrected chi connectivity index (χ3v) is 6.71. The Hall–Kier alpha value is -2.38. The second kappa shape index (κ2) is 7.70. The van der Waals surface area contributed by atoms with Gasteiger partial charge in [-0.05, 0) is 50.6 Å². The van der Waals surface area contributed by atoms with E-state index in [1.54, 1.807) is 36.1 Å². The quantitative estimate of drug-likeness (QED) is 0.755. The molecular formula is C20H24N2O4S. The summed E-state index contributed by atoms with van der Waals surface area (Å²) in [6.07, 6.45) is 3.10. The summed E-state index contributed by atoms with van der Waals surface area (Å²) < 4.78 is 32.7. The molecule has 6 nitrogen and oxygen atoms in total. The number of furan rings is 1. The zero-order valence-electron chi connectivity index (χ0n) is 15.8. The topological polar surface area (TPSA) is 70.8 Å². The van der Waals surface area contributed by atoms with Crippen molar-refractivity contribution < 1.29 is 17.6 Å². The zero-order valence-corrected chi connectivity index (χ0v) is 16.6. The Balaban J connectivity index is 1.64. The van der Waals surface area contributed by atoms with E-state index in [0.29, 0.717) is 23.7 Å². The van der Waals surface area contributed by atoms with Crippen LogP contribution in [0.5, 0.6) is 0 Å². The summed E-state index contributed by atoms with van der Waals surface area (Å²) in [4.78, 5) is 14.3. The first kappa shape index (κ1) is 19.4. The van der Waals surface area contributed by atoms with E-state index in [-0.39, 0.29) is 19.0 Å². The molecule has 1 amide bonds. The van der Waals surface area contributed by atoms with Gasteiger partial charge in [0, 0.05) is 32.3 Å². The fourth-order valence-corrected chi connectivity index (χ4v) is 4.81. The van der Waals surface area contributed by atoms with Crippen molar-refractivity contribution in [3.63, 3.8) is 0 Å². The Morgan fingerprint density at radius 2 is 1.74 bits per heavy atom. The molecule has 0 radical (unpaired) electrons. The highest BCUT2D eigenvalue weighted by atomic mass is 32.2. The van der Waals surface area contributed by atoms with Crippen molar-refractivity contribution in [2.75, 3.05) is 26.2 Å². The average Bonchev–Trinajstić information content (AvgIpc) is 3.05. The summed E-state index contributed by atoms with van der Waals surface area (Å²) in [5.74, 6) is 1.26. The number of carbonyl (C=O) groups excluding carboxylic acids is 1. The molecule has 2 aromatic rings. The molecule has 3 rings (SSSR count). The highest BCUT2D eigenvalue weighted by Gasteiger charge is 2.30. The third kappa shape index (κ3) is 4.31. The van der Waals surface area contributed by atoms with Crippen LogP contribution in [-0.4, -0.2) is 49.7 Å². The third-order valence-electron chi connectivity index (χ3n) is 4.65. The van der Waals surface area contributed by atoms with Gasteiger partial charge in [0.25, 0.3) is 0 Å². The van der Waals surface area contributed by atoms with Gasteiger partial charge in [-0.25, -0.2) is 8.42 Å². The van der Waals surface area contributed by atoms with Gasteiger partial charge >= 0.3 is 0 Å². The van der Waals surface area contributed by atoms with Crippen molar-refractivity contribution in [3.8, 4) is 0 Å². The monoisotopic (exact) mass is 388 g/mol. The van der Waals surface area contributed by atoms with Crippen LogP contribution >= 0.6 is 0 Å². The minimum absolute atomic E-state index is 0.146. The van der Waals surface area contributed by atoms with Gasteiger partial charge in [-0.3, -0.25) is 4.79 Å². The maximum atomic E-state index is 12.9.